The molecule has 1 aromatic heterocycles. The Morgan fingerprint density at radius 1 is 1.03 bits per heavy atom. The average Bonchev–Trinajstić information content (AvgIpc) is 3.43. The molecule has 8 heteroatoms. The molecule has 1 aliphatic heterocycles. The molecule has 1 amide bonds. The Kier molecular flexibility index (Phi) is 5.75. The van der Waals surface area contributed by atoms with Gasteiger partial charge in [-0.25, -0.2) is 8.42 Å². The van der Waals surface area contributed by atoms with Crippen LogP contribution in [0.25, 0.3) is 11.0 Å². The number of sulfonamides is 1. The fourth-order valence-corrected chi connectivity index (χ4v) is 5.84. The highest BCUT2D eigenvalue weighted by Crippen LogP contribution is 2.30. The fraction of sp³-hybridized carbons (Fsp3) is 0.375. The Labute approximate surface area is 187 Å². The molecule has 0 spiro atoms. The topological polar surface area (TPSA) is 88.8 Å². The summed E-state index contributed by atoms with van der Waals surface area (Å²) in [4.78, 5) is 12.8. The van der Waals surface area contributed by atoms with E-state index in [9.17, 15) is 13.2 Å². The summed E-state index contributed by atoms with van der Waals surface area (Å²) in [6.07, 6.45) is 5.26. The SMILES string of the molecule is O=C(Cc1coc2cc3c(cc12)CCC3)NCc1ccc(S(=O)(=O)N2CCOCC2)cc1. The van der Waals surface area contributed by atoms with Gasteiger partial charge in [-0.05, 0) is 60.2 Å². The molecule has 0 atom stereocenters. The number of morpholine rings is 1. The van der Waals surface area contributed by atoms with Gasteiger partial charge in [0.2, 0.25) is 15.9 Å². The fourth-order valence-electron chi connectivity index (χ4n) is 4.44. The largest absolute Gasteiger partial charge is 0.464 e. The minimum absolute atomic E-state index is 0.0989. The van der Waals surface area contributed by atoms with E-state index in [1.807, 2.05) is 0 Å². The third-order valence-corrected chi connectivity index (χ3v) is 8.15. The Balaban J connectivity index is 1.21. The van der Waals surface area contributed by atoms with E-state index in [0.29, 0.717) is 32.8 Å². The zero-order valence-electron chi connectivity index (χ0n) is 17.8. The van der Waals surface area contributed by atoms with Crippen molar-refractivity contribution in [3.63, 3.8) is 0 Å². The number of carbonyl (C=O) groups excluding carboxylic acids is 1. The van der Waals surface area contributed by atoms with Crippen LogP contribution in [0.2, 0.25) is 0 Å². The lowest BCUT2D eigenvalue weighted by atomic mass is 10.0. The number of carbonyl (C=O) groups is 1. The first-order valence-corrected chi connectivity index (χ1v) is 12.4. The summed E-state index contributed by atoms with van der Waals surface area (Å²) < 4.78 is 37.8. The Hall–Kier alpha value is -2.68. The van der Waals surface area contributed by atoms with Gasteiger partial charge in [0.25, 0.3) is 0 Å². The van der Waals surface area contributed by atoms with Crippen LogP contribution in [0.15, 0.2) is 52.0 Å². The molecule has 2 aromatic carbocycles. The summed E-state index contributed by atoms with van der Waals surface area (Å²) in [5, 5.41) is 3.93. The molecular formula is C24H26N2O5S. The van der Waals surface area contributed by atoms with Gasteiger partial charge < -0.3 is 14.5 Å². The lowest BCUT2D eigenvalue weighted by Crippen LogP contribution is -2.40. The van der Waals surface area contributed by atoms with E-state index in [1.165, 1.54) is 21.9 Å². The van der Waals surface area contributed by atoms with Crippen molar-refractivity contribution >= 4 is 26.9 Å². The highest BCUT2D eigenvalue weighted by Gasteiger charge is 2.26. The number of nitrogens with zero attached hydrogens (tertiary/aromatic N) is 1. The van der Waals surface area contributed by atoms with Crippen molar-refractivity contribution in [2.45, 2.75) is 37.1 Å². The lowest BCUT2D eigenvalue weighted by molar-refractivity contribution is -0.120. The molecule has 1 saturated heterocycles. The summed E-state index contributed by atoms with van der Waals surface area (Å²) >= 11 is 0. The number of fused-ring (bicyclic) bond motifs is 2. The van der Waals surface area contributed by atoms with E-state index in [-0.39, 0.29) is 17.2 Å². The minimum Gasteiger partial charge on any atom is -0.464 e. The minimum atomic E-state index is -3.51. The zero-order valence-corrected chi connectivity index (χ0v) is 18.6. The molecule has 0 radical (unpaired) electrons. The van der Waals surface area contributed by atoms with Crippen molar-refractivity contribution in [3.05, 3.63) is 64.9 Å². The second-order valence-electron chi connectivity index (χ2n) is 8.35. The second kappa shape index (κ2) is 8.69. The number of furan rings is 1. The highest BCUT2D eigenvalue weighted by molar-refractivity contribution is 7.89. The number of amides is 1. The molecule has 2 heterocycles. The average molecular weight is 455 g/mol. The molecule has 3 aromatic rings. The summed E-state index contributed by atoms with van der Waals surface area (Å²) in [6.45, 7) is 1.90. The lowest BCUT2D eigenvalue weighted by Gasteiger charge is -2.26. The van der Waals surface area contributed by atoms with Gasteiger partial charge in [0.15, 0.2) is 0 Å². The number of nitrogens with one attached hydrogen (secondary N) is 1. The van der Waals surface area contributed by atoms with Crippen LogP contribution in [-0.2, 0) is 45.4 Å². The molecule has 5 rings (SSSR count). The van der Waals surface area contributed by atoms with Gasteiger partial charge in [0, 0.05) is 30.6 Å². The maximum atomic E-state index is 12.7. The van der Waals surface area contributed by atoms with Gasteiger partial charge in [-0.15, -0.1) is 0 Å². The van der Waals surface area contributed by atoms with Crippen LogP contribution >= 0.6 is 0 Å². The molecule has 168 valence electrons. The molecule has 1 N–H and O–H groups in total. The van der Waals surface area contributed by atoms with E-state index in [4.69, 9.17) is 9.15 Å². The number of aryl methyl sites for hydroxylation is 2. The zero-order chi connectivity index (χ0) is 22.1. The Bertz CT molecular complexity index is 1240. The number of benzene rings is 2. The first-order valence-electron chi connectivity index (χ1n) is 11.0. The predicted octanol–water partition coefficient (Wildman–Crippen LogP) is 2.80. The van der Waals surface area contributed by atoms with E-state index in [2.05, 4.69) is 17.4 Å². The van der Waals surface area contributed by atoms with Gasteiger partial charge >= 0.3 is 0 Å². The van der Waals surface area contributed by atoms with Crippen LogP contribution in [0.5, 0.6) is 0 Å². The van der Waals surface area contributed by atoms with Crippen molar-refractivity contribution in [3.8, 4) is 0 Å². The Morgan fingerprint density at radius 2 is 1.75 bits per heavy atom. The van der Waals surface area contributed by atoms with Crippen LogP contribution in [0.4, 0.5) is 0 Å². The number of rotatable bonds is 6. The molecule has 1 fully saturated rings. The molecule has 1 aliphatic carbocycles. The second-order valence-corrected chi connectivity index (χ2v) is 10.3. The molecule has 0 bridgehead atoms. The van der Waals surface area contributed by atoms with E-state index in [0.717, 1.165) is 34.9 Å². The molecule has 7 nitrogen and oxygen atoms in total. The van der Waals surface area contributed by atoms with Gasteiger partial charge in [0.05, 0.1) is 30.8 Å². The van der Waals surface area contributed by atoms with E-state index < -0.39 is 10.0 Å². The molecule has 32 heavy (non-hydrogen) atoms. The standard InChI is InChI=1S/C24H26N2O5S/c27-24(14-20-16-31-23-13-19-3-1-2-18(19)12-22(20)23)25-15-17-4-6-21(7-5-17)32(28,29)26-8-10-30-11-9-26/h4-7,12-13,16H,1-3,8-11,14-15H2,(H,25,27). The van der Waals surface area contributed by atoms with Crippen molar-refractivity contribution in [1.82, 2.24) is 9.62 Å². The van der Waals surface area contributed by atoms with Gasteiger partial charge in [-0.3, -0.25) is 4.79 Å². The highest BCUT2D eigenvalue weighted by atomic mass is 32.2. The maximum Gasteiger partial charge on any atom is 0.243 e. The molecule has 0 saturated carbocycles. The van der Waals surface area contributed by atoms with Crippen LogP contribution < -0.4 is 5.32 Å². The normalized spacial score (nSPS) is 16.9. The number of ether oxygens (including phenoxy) is 1. The van der Waals surface area contributed by atoms with Crippen molar-refractivity contribution in [2.75, 3.05) is 26.3 Å². The first-order chi connectivity index (χ1) is 15.5. The first kappa shape index (κ1) is 21.2. The Morgan fingerprint density at radius 3 is 2.50 bits per heavy atom. The quantitative estimate of drug-likeness (QED) is 0.619. The van der Waals surface area contributed by atoms with E-state index in [1.54, 1.807) is 30.5 Å². The van der Waals surface area contributed by atoms with Gasteiger partial charge in [-0.2, -0.15) is 4.31 Å². The summed E-state index contributed by atoms with van der Waals surface area (Å²) in [5.74, 6) is -0.0989. The molecular weight excluding hydrogens is 428 g/mol. The van der Waals surface area contributed by atoms with Gasteiger partial charge in [-0.1, -0.05) is 12.1 Å². The van der Waals surface area contributed by atoms with Crippen LogP contribution in [0.1, 0.15) is 28.7 Å². The molecule has 0 unspecified atom stereocenters. The summed E-state index contributed by atoms with van der Waals surface area (Å²) in [7, 11) is -3.51. The van der Waals surface area contributed by atoms with Crippen LogP contribution in [-0.4, -0.2) is 44.9 Å². The van der Waals surface area contributed by atoms with Crippen molar-refractivity contribution in [2.24, 2.45) is 0 Å². The number of hydrogen-bond donors (Lipinski definition) is 1. The van der Waals surface area contributed by atoms with Crippen LogP contribution in [0.3, 0.4) is 0 Å². The van der Waals surface area contributed by atoms with Crippen molar-refractivity contribution in [1.29, 1.82) is 0 Å². The maximum absolute atomic E-state index is 12.7. The summed E-state index contributed by atoms with van der Waals surface area (Å²) in [6, 6.07) is 10.9. The number of hydrogen-bond acceptors (Lipinski definition) is 5. The predicted molar refractivity (Wildman–Crippen MR) is 120 cm³/mol. The van der Waals surface area contributed by atoms with Gasteiger partial charge in [0.1, 0.15) is 5.58 Å². The third-order valence-electron chi connectivity index (χ3n) is 6.24. The van der Waals surface area contributed by atoms with E-state index >= 15 is 0 Å². The van der Waals surface area contributed by atoms with Crippen molar-refractivity contribution < 1.29 is 22.4 Å². The third kappa shape index (κ3) is 4.18. The smallest absolute Gasteiger partial charge is 0.243 e. The summed E-state index contributed by atoms with van der Waals surface area (Å²) in [5.41, 5.74) is 5.27. The van der Waals surface area contributed by atoms with Crippen LogP contribution in [0, 0.1) is 0 Å². The molecule has 2 aliphatic rings. The monoisotopic (exact) mass is 454 g/mol.